The minimum absolute atomic E-state index is 0. The Labute approximate surface area is 755 Å². The van der Waals surface area contributed by atoms with Gasteiger partial charge in [-0.1, -0.05) is 167 Å². The fraction of sp³-hybridized carbons (Fsp3) is 0.200. The zero-order chi connectivity index (χ0) is 85.8. The maximum Gasteiger partial charge on any atom is 2.00 e. The van der Waals surface area contributed by atoms with Crippen LogP contribution in [0, 0.1) is 0 Å². The number of benzene rings is 4. The predicted molar refractivity (Wildman–Crippen MR) is 465 cm³/mol. The molecule has 32 heteroatoms. The van der Waals surface area contributed by atoms with Gasteiger partial charge in [0.05, 0.1) is 109 Å². The van der Waals surface area contributed by atoms with Crippen molar-refractivity contribution in [2.45, 2.75) is 64.0 Å². The average Bonchev–Trinajstić information content (AvgIpc) is 1.58. The van der Waals surface area contributed by atoms with E-state index in [4.69, 9.17) is 147 Å². The van der Waals surface area contributed by atoms with E-state index in [0.29, 0.717) is 67.1 Å². The molecule has 10 heterocycles. The van der Waals surface area contributed by atoms with Crippen LogP contribution in [0.4, 0.5) is 0 Å². The first kappa shape index (κ1) is 94.7. The van der Waals surface area contributed by atoms with Gasteiger partial charge in [0.25, 0.3) is 0 Å². The van der Waals surface area contributed by atoms with Gasteiger partial charge >= 0.3 is 86.7 Å². The number of aromatic nitrogens is 8. The van der Waals surface area contributed by atoms with Crippen molar-refractivity contribution in [3.8, 4) is 44.5 Å². The number of carbonyl (C=O) groups is 8. The van der Waals surface area contributed by atoms with Gasteiger partial charge in [0.1, 0.15) is 22.3 Å². The number of ether oxygens (including phenoxy) is 8. The molecule has 0 saturated heterocycles. The van der Waals surface area contributed by atoms with Crippen LogP contribution in [0.5, 0.6) is 0 Å². The molecule has 0 aliphatic carbocycles. The summed E-state index contributed by atoms with van der Waals surface area (Å²) in [6, 6.07) is 50.3. The van der Waals surface area contributed by atoms with Crippen LogP contribution in [0.15, 0.2) is 170 Å². The predicted octanol–water partition coefficient (Wildman–Crippen LogP) is 19.8. The molecule has 0 spiro atoms. The zero-order valence-corrected chi connectivity index (χ0v) is 77.5. The molecule has 24 nitrogen and oxygen atoms in total. The number of hydrogen-bond donors (Lipinski definition) is 0. The van der Waals surface area contributed by atoms with Crippen LogP contribution in [-0.2, 0) is 76.9 Å². The Bertz CT molecular complexity index is 5840. The molecule has 0 N–H and O–H groups in total. The summed E-state index contributed by atoms with van der Waals surface area (Å²) in [5.74, 6) is -6.78. The molecule has 8 aromatic heterocycles. The van der Waals surface area contributed by atoms with Crippen LogP contribution >= 0.6 is 69.6 Å². The third-order valence-corrected chi connectivity index (χ3v) is 17.7. The average molecular weight is 1870 g/mol. The van der Waals surface area contributed by atoms with Gasteiger partial charge in [-0.25, -0.2) is 48.3 Å². The number of hydrogen-bond acceptors (Lipinski definition) is 18. The second kappa shape index (κ2) is 44.6. The second-order valence-electron chi connectivity index (χ2n) is 25.2. The van der Waals surface area contributed by atoms with Crippen LogP contribution in [0.1, 0.15) is 161 Å². The van der Waals surface area contributed by atoms with Crippen molar-refractivity contribution in [2.24, 2.45) is 0 Å². The Morgan fingerprint density at radius 3 is 0.770 bits per heavy atom. The number of rotatable bonds is 20. The molecule has 2 aliphatic heterocycles. The topological polar surface area (TPSA) is 321 Å². The van der Waals surface area contributed by atoms with Crippen molar-refractivity contribution >= 4 is 208 Å². The van der Waals surface area contributed by atoms with E-state index in [-0.39, 0.29) is 192 Å². The second-order valence-corrected chi connectivity index (χ2v) is 29.2. The molecular formula is C90H74Cl6N8O16Zn2. The van der Waals surface area contributed by atoms with E-state index in [1.54, 1.807) is 165 Å². The van der Waals surface area contributed by atoms with Crippen LogP contribution < -0.4 is 29.9 Å². The van der Waals surface area contributed by atoms with Crippen molar-refractivity contribution in [2.75, 3.05) is 52.9 Å². The van der Waals surface area contributed by atoms with Crippen molar-refractivity contribution < 1.29 is 115 Å². The Hall–Kier alpha value is -11.2. The van der Waals surface area contributed by atoms with E-state index in [1.807, 2.05) is 84.9 Å². The third-order valence-electron chi connectivity index (χ3n) is 17.7. The summed E-state index contributed by atoms with van der Waals surface area (Å²) >= 11 is 28.8. The molecule has 14 rings (SSSR count). The van der Waals surface area contributed by atoms with Crippen LogP contribution in [0.2, 0.25) is 0 Å². The molecule has 0 saturated carbocycles. The van der Waals surface area contributed by atoms with Crippen LogP contribution in [0.3, 0.4) is 0 Å². The first-order valence-electron chi connectivity index (χ1n) is 37.7. The summed E-state index contributed by atoms with van der Waals surface area (Å²) in [5.41, 5.74) is 6.83. The normalized spacial score (nSPS) is 11.0. The van der Waals surface area contributed by atoms with Gasteiger partial charge < -0.3 is 67.8 Å². The molecule has 2 aliphatic rings. The smallest absolute Gasteiger partial charge is 0.657 e. The molecule has 0 unspecified atom stereocenters. The Morgan fingerprint density at radius 1 is 0.295 bits per heavy atom. The van der Waals surface area contributed by atoms with Crippen molar-refractivity contribution in [3.63, 3.8) is 0 Å². The molecule has 122 heavy (non-hydrogen) atoms. The summed E-state index contributed by atoms with van der Waals surface area (Å²) in [7, 11) is 0. The standard InChI is InChI=1S/2C44H38N4O8.2CHCl3.2Zn/c2*1-5-53-41(49)35-31-23-27-19-21-29(45-27)33(25-15-11-9-12-16-25)30-22-20-28(46-30)24-32-36(42(50)54-6-2)38(44(52)56-8-4)40(48-32)34(26-17-13-10-14-18-26)39(47-31)37(35)43(51)55-7-3;2*2-1(3)4;;/h2*9-24H,5-8H2,1-4H3,(H2-,45,46,47,48,49,50,51,52);2*1H;;/q;;;;2*+2/p-4. The molecular weight excluding hydrogens is 1790 g/mol. The fourth-order valence-corrected chi connectivity index (χ4v) is 13.3. The molecule has 4 aromatic carbocycles. The molecule has 0 amide bonds. The molecule has 0 atom stereocenters. The fourth-order valence-electron chi connectivity index (χ4n) is 13.3. The van der Waals surface area contributed by atoms with Crippen molar-refractivity contribution in [3.05, 3.63) is 237 Å². The first-order chi connectivity index (χ1) is 58.0. The maximum atomic E-state index is 14.1. The van der Waals surface area contributed by atoms with Crippen LogP contribution in [0.25, 0.3) is 135 Å². The van der Waals surface area contributed by atoms with Gasteiger partial charge in [0.2, 0.25) is 0 Å². The largest absolute Gasteiger partial charge is 2.00 e. The number of nitrogens with zero attached hydrogens (tertiary/aromatic N) is 8. The van der Waals surface area contributed by atoms with Crippen molar-refractivity contribution in [1.82, 2.24) is 39.9 Å². The first-order valence-corrected chi connectivity index (χ1v) is 40.3. The third kappa shape index (κ3) is 21.8. The molecule has 616 valence electrons. The zero-order valence-electron chi connectivity index (χ0n) is 67.1. The summed E-state index contributed by atoms with van der Waals surface area (Å²) in [4.78, 5) is 152. The van der Waals surface area contributed by atoms with Crippen molar-refractivity contribution in [1.29, 1.82) is 0 Å². The summed E-state index contributed by atoms with van der Waals surface area (Å²) in [6.45, 7) is 13.0. The SMILES string of the molecule is CCOC(=O)c1c(C(=O)OCC)c2[n-]c1cc1nc(c(-c3ccccc3)c3ccc(cc4[n-]c(c(C(=O)OCC)c4C(=O)OCC)[c+]2-c2ccccc2)[n-]3)C=C1.CCOC(=O)c1c(C(=O)OCC)c2[n-]c1cc1nc(c(-c3ccccc3)c3ccc(cc4[n-]c(c(C(=O)OCC)c4C(=O)OCC)[c+]2-c2ccccc2)[n-]3)C=C1.ClC(Cl)Cl.ClC(Cl)Cl.[Zn+2].[Zn+2]. The van der Waals surface area contributed by atoms with Gasteiger partial charge in [-0.3, -0.25) is 0 Å². The van der Waals surface area contributed by atoms with Crippen LogP contribution in [-0.4, -0.2) is 119 Å². The van der Waals surface area contributed by atoms with E-state index in [0.717, 1.165) is 11.1 Å². The maximum absolute atomic E-state index is 14.1. The minimum atomic E-state index is -0.866. The monoisotopic (exact) mass is 1860 g/mol. The quantitative estimate of drug-likeness (QED) is 0.0225. The van der Waals surface area contributed by atoms with E-state index in [9.17, 15) is 38.4 Å². The Balaban J connectivity index is 0.000000251. The van der Waals surface area contributed by atoms with E-state index >= 15 is 0 Å². The molecule has 12 aromatic rings. The van der Waals surface area contributed by atoms with E-state index in [1.165, 1.54) is 0 Å². The van der Waals surface area contributed by atoms with Gasteiger partial charge in [0, 0.05) is 35.4 Å². The van der Waals surface area contributed by atoms with E-state index in [2.05, 4.69) is 0 Å². The number of esters is 8. The Kier molecular flexibility index (Phi) is 34.6. The van der Waals surface area contributed by atoms with Gasteiger partial charge in [0.15, 0.2) is 8.59 Å². The van der Waals surface area contributed by atoms with Gasteiger partial charge in [-0.15, -0.1) is 44.1 Å². The summed E-state index contributed by atoms with van der Waals surface area (Å²) in [5, 5.41) is 0. The number of halogens is 6. The van der Waals surface area contributed by atoms with Gasteiger partial charge in [-0.05, 0) is 173 Å². The molecule has 0 fully saturated rings. The van der Waals surface area contributed by atoms with E-state index < -0.39 is 56.3 Å². The van der Waals surface area contributed by atoms with Gasteiger partial charge in [-0.2, -0.15) is 0 Å². The molecule has 16 bridgehead atoms. The Morgan fingerprint density at radius 2 is 0.525 bits per heavy atom. The molecule has 0 radical (unpaired) electrons. The summed E-state index contributed by atoms with van der Waals surface area (Å²) < 4.78 is 42.8. The summed E-state index contributed by atoms with van der Waals surface area (Å²) in [6.07, 6.45) is 7.22. The number of alkyl halides is 6. The number of fused-ring (bicyclic) bond motifs is 16. The number of carbonyl (C=O) groups excluding carboxylic acids is 8. The minimum Gasteiger partial charge on any atom is -0.657 e.